The van der Waals surface area contributed by atoms with E-state index in [1.54, 1.807) is 18.2 Å². The van der Waals surface area contributed by atoms with Crippen LogP contribution in [0, 0.1) is 0 Å². The number of nitrogens with zero attached hydrogens (tertiary/aromatic N) is 3. The number of carbonyl (C=O) groups excluding carboxylic acids is 1. The first-order valence-corrected chi connectivity index (χ1v) is 10.7. The van der Waals surface area contributed by atoms with Crippen molar-refractivity contribution in [1.29, 1.82) is 0 Å². The highest BCUT2D eigenvalue weighted by Gasteiger charge is 2.17. The Hall–Kier alpha value is -3.22. The lowest BCUT2D eigenvalue weighted by Gasteiger charge is -2.23. The monoisotopic (exact) mass is 423 g/mol. The second-order valence-electron chi connectivity index (χ2n) is 8.14. The Morgan fingerprint density at radius 3 is 2.71 bits per heavy atom. The van der Waals surface area contributed by atoms with Gasteiger partial charge in [0.05, 0.1) is 18.4 Å². The van der Waals surface area contributed by atoms with Gasteiger partial charge >= 0.3 is 0 Å². The first-order valence-electron chi connectivity index (χ1n) is 10.7. The van der Waals surface area contributed by atoms with Crippen LogP contribution in [0.3, 0.4) is 0 Å². The minimum absolute atomic E-state index is 0.0148. The molecule has 0 saturated heterocycles. The van der Waals surface area contributed by atoms with Crippen molar-refractivity contribution in [2.75, 3.05) is 44.5 Å². The summed E-state index contributed by atoms with van der Waals surface area (Å²) in [6.45, 7) is 5.81. The zero-order chi connectivity index (χ0) is 22.4. The van der Waals surface area contributed by atoms with Crippen molar-refractivity contribution in [1.82, 2.24) is 14.9 Å². The minimum atomic E-state index is 0.0148. The maximum Gasteiger partial charge on any atom is 0.255 e. The number of H-pyrrole nitrogens is 1. The Morgan fingerprint density at radius 1 is 1.19 bits per heavy atom. The fourth-order valence-corrected chi connectivity index (χ4v) is 3.64. The fraction of sp³-hybridized carbons (Fsp3) is 0.417. The van der Waals surface area contributed by atoms with Crippen LogP contribution in [0.25, 0.3) is 10.9 Å². The first-order chi connectivity index (χ1) is 14.9. The molecule has 166 valence electrons. The van der Waals surface area contributed by atoms with Crippen LogP contribution in [0.4, 0.5) is 11.5 Å². The second-order valence-corrected chi connectivity index (χ2v) is 8.14. The van der Waals surface area contributed by atoms with Gasteiger partial charge in [-0.2, -0.15) is 0 Å². The molecule has 7 nitrogen and oxygen atoms in total. The van der Waals surface area contributed by atoms with Crippen molar-refractivity contribution in [2.45, 2.75) is 32.7 Å². The van der Waals surface area contributed by atoms with Gasteiger partial charge in [-0.1, -0.05) is 0 Å². The van der Waals surface area contributed by atoms with E-state index >= 15 is 0 Å². The zero-order valence-corrected chi connectivity index (χ0v) is 19.1. The molecule has 3 rings (SSSR count). The quantitative estimate of drug-likeness (QED) is 0.474. The number of hydrogen-bond acceptors (Lipinski definition) is 5. The molecular weight excluding hydrogens is 390 g/mol. The highest BCUT2D eigenvalue weighted by Crippen LogP contribution is 2.25. The molecule has 3 aromatic rings. The van der Waals surface area contributed by atoms with E-state index in [9.17, 15) is 4.79 Å². The number of carbonyl (C=O) groups is 1. The molecule has 0 spiro atoms. The molecule has 0 aliphatic rings. The molecule has 2 aromatic heterocycles. The number of nitrogens with one attached hydrogen (secondary N) is 2. The van der Waals surface area contributed by atoms with Gasteiger partial charge in [-0.15, -0.1) is 0 Å². The first kappa shape index (κ1) is 22.5. The Bertz CT molecular complexity index is 1010. The molecule has 0 unspecified atom stereocenters. The van der Waals surface area contributed by atoms with Gasteiger partial charge in [-0.25, -0.2) is 4.98 Å². The number of hydrogen-bond donors (Lipinski definition) is 2. The van der Waals surface area contributed by atoms with Crippen molar-refractivity contribution in [3.8, 4) is 5.75 Å². The second kappa shape index (κ2) is 10.2. The van der Waals surface area contributed by atoms with Crippen LogP contribution in [0.15, 0.2) is 42.7 Å². The largest absolute Gasteiger partial charge is 0.497 e. The van der Waals surface area contributed by atoms with E-state index in [1.807, 2.05) is 37.5 Å². The standard InChI is InChI=1S/C24H33N5O2/c1-17(2)27-22-9-8-12-25-23(22)28(3)13-6-7-14-29(4)24(30)20-16-26-21-11-10-18(31-5)15-19(20)21/h8-12,15-17,26-27H,6-7,13-14H2,1-5H3. The van der Waals surface area contributed by atoms with Crippen molar-refractivity contribution < 1.29 is 9.53 Å². The smallest absolute Gasteiger partial charge is 0.255 e. The summed E-state index contributed by atoms with van der Waals surface area (Å²) in [5.41, 5.74) is 2.65. The molecule has 7 heteroatoms. The Balaban J connectivity index is 1.54. The van der Waals surface area contributed by atoms with E-state index in [-0.39, 0.29) is 5.91 Å². The number of aromatic amines is 1. The third kappa shape index (κ3) is 5.48. The van der Waals surface area contributed by atoms with Crippen LogP contribution >= 0.6 is 0 Å². The van der Waals surface area contributed by atoms with Gasteiger partial charge in [0, 0.05) is 56.5 Å². The molecule has 0 aliphatic heterocycles. The maximum absolute atomic E-state index is 13.0. The van der Waals surface area contributed by atoms with E-state index in [0.717, 1.165) is 47.5 Å². The van der Waals surface area contributed by atoms with Gasteiger partial charge in [-0.3, -0.25) is 4.79 Å². The molecule has 1 amide bonds. The fourth-order valence-electron chi connectivity index (χ4n) is 3.64. The number of unbranched alkanes of at least 4 members (excludes halogenated alkanes) is 1. The topological polar surface area (TPSA) is 73.5 Å². The number of aromatic nitrogens is 2. The molecule has 0 atom stereocenters. The van der Waals surface area contributed by atoms with Crippen LogP contribution in [-0.2, 0) is 0 Å². The summed E-state index contributed by atoms with van der Waals surface area (Å²) in [6.07, 6.45) is 5.48. The van der Waals surface area contributed by atoms with Crippen LogP contribution in [0.2, 0.25) is 0 Å². The lowest BCUT2D eigenvalue weighted by molar-refractivity contribution is 0.0795. The number of benzene rings is 1. The van der Waals surface area contributed by atoms with E-state index in [1.165, 1.54) is 0 Å². The summed E-state index contributed by atoms with van der Waals surface area (Å²) in [7, 11) is 5.54. The molecule has 2 heterocycles. The number of ether oxygens (including phenoxy) is 1. The third-order valence-corrected chi connectivity index (χ3v) is 5.30. The van der Waals surface area contributed by atoms with E-state index in [2.05, 4.69) is 47.1 Å². The lowest BCUT2D eigenvalue weighted by atomic mass is 10.1. The highest BCUT2D eigenvalue weighted by molar-refractivity contribution is 6.06. The number of rotatable bonds is 10. The van der Waals surface area contributed by atoms with Gasteiger partial charge in [-0.05, 0) is 57.0 Å². The van der Waals surface area contributed by atoms with Crippen LogP contribution in [0.5, 0.6) is 5.75 Å². The highest BCUT2D eigenvalue weighted by atomic mass is 16.5. The summed E-state index contributed by atoms with van der Waals surface area (Å²) in [5.74, 6) is 1.71. The maximum atomic E-state index is 13.0. The molecule has 0 fully saturated rings. The normalized spacial score (nSPS) is 11.0. The summed E-state index contributed by atoms with van der Waals surface area (Å²) in [6, 6.07) is 10.1. The van der Waals surface area contributed by atoms with Gasteiger partial charge < -0.3 is 24.8 Å². The average Bonchev–Trinajstić information content (AvgIpc) is 3.18. The van der Waals surface area contributed by atoms with Crippen molar-refractivity contribution in [2.24, 2.45) is 0 Å². The predicted octanol–water partition coefficient (Wildman–Crippen LogP) is 4.38. The average molecular weight is 424 g/mol. The minimum Gasteiger partial charge on any atom is -0.497 e. The number of pyridine rings is 1. The molecule has 0 saturated carbocycles. The summed E-state index contributed by atoms with van der Waals surface area (Å²) < 4.78 is 5.30. The molecule has 1 aromatic carbocycles. The van der Waals surface area contributed by atoms with Gasteiger partial charge in [0.2, 0.25) is 0 Å². The molecule has 0 radical (unpaired) electrons. The van der Waals surface area contributed by atoms with Crippen molar-refractivity contribution in [3.05, 3.63) is 48.3 Å². The molecular formula is C24H33N5O2. The Morgan fingerprint density at radius 2 is 1.97 bits per heavy atom. The van der Waals surface area contributed by atoms with E-state index in [4.69, 9.17) is 4.74 Å². The van der Waals surface area contributed by atoms with Crippen molar-refractivity contribution >= 4 is 28.3 Å². The van der Waals surface area contributed by atoms with Crippen molar-refractivity contribution in [3.63, 3.8) is 0 Å². The third-order valence-electron chi connectivity index (χ3n) is 5.30. The van der Waals surface area contributed by atoms with Gasteiger partial charge in [0.15, 0.2) is 5.82 Å². The van der Waals surface area contributed by atoms with E-state index < -0.39 is 0 Å². The lowest BCUT2D eigenvalue weighted by Crippen LogP contribution is -2.28. The SMILES string of the molecule is COc1ccc2[nH]cc(C(=O)N(C)CCCCN(C)c3ncccc3NC(C)C)c2c1. The molecule has 2 N–H and O–H groups in total. The number of methoxy groups -OCH3 is 1. The number of amides is 1. The van der Waals surface area contributed by atoms with Gasteiger partial charge in [0.1, 0.15) is 5.75 Å². The molecule has 0 bridgehead atoms. The molecule has 0 aliphatic carbocycles. The summed E-state index contributed by atoms with van der Waals surface area (Å²) in [4.78, 5) is 24.6. The Kier molecular flexibility index (Phi) is 7.39. The number of anilines is 2. The van der Waals surface area contributed by atoms with Gasteiger partial charge in [0.25, 0.3) is 5.91 Å². The number of fused-ring (bicyclic) bond motifs is 1. The van der Waals surface area contributed by atoms with Crippen LogP contribution in [-0.4, -0.2) is 61.1 Å². The predicted molar refractivity (Wildman–Crippen MR) is 127 cm³/mol. The molecule has 31 heavy (non-hydrogen) atoms. The zero-order valence-electron chi connectivity index (χ0n) is 19.1. The summed E-state index contributed by atoms with van der Waals surface area (Å²) in [5, 5.41) is 4.33. The van der Waals surface area contributed by atoms with E-state index in [0.29, 0.717) is 18.2 Å². The van der Waals surface area contributed by atoms with Crippen LogP contribution in [0.1, 0.15) is 37.0 Å². The summed E-state index contributed by atoms with van der Waals surface area (Å²) >= 11 is 0. The van der Waals surface area contributed by atoms with Crippen LogP contribution < -0.4 is 15.0 Å². The Labute approximate surface area is 184 Å².